The molecule has 1 rings (SSSR count). The minimum absolute atomic E-state index is 0.0148. The van der Waals surface area contributed by atoms with Crippen LogP contribution in [0.4, 0.5) is 11.6 Å². The summed E-state index contributed by atoms with van der Waals surface area (Å²) >= 11 is 0. The van der Waals surface area contributed by atoms with Crippen molar-refractivity contribution in [2.45, 2.75) is 13.8 Å². The van der Waals surface area contributed by atoms with Crippen molar-refractivity contribution in [3.8, 4) is 0 Å². The molecule has 0 aliphatic rings. The standard InChI is InChI=1S/C7H10N4O2/c1-4-6(11(12)13)5(2)10-7(8-3)9-4/h1-3H3,(H,8,9,10). The van der Waals surface area contributed by atoms with Gasteiger partial charge in [0.05, 0.1) is 4.92 Å². The number of hydrogen-bond donors (Lipinski definition) is 1. The van der Waals surface area contributed by atoms with Crippen molar-refractivity contribution in [2.24, 2.45) is 0 Å². The molecular formula is C7H10N4O2. The van der Waals surface area contributed by atoms with Gasteiger partial charge in [-0.25, -0.2) is 9.97 Å². The second kappa shape index (κ2) is 3.34. The summed E-state index contributed by atoms with van der Waals surface area (Å²) in [6.07, 6.45) is 0. The molecule has 1 aromatic heterocycles. The van der Waals surface area contributed by atoms with Crippen LogP contribution < -0.4 is 5.32 Å². The van der Waals surface area contributed by atoms with Gasteiger partial charge in [-0.3, -0.25) is 10.1 Å². The average Bonchev–Trinajstić information content (AvgIpc) is 2.02. The summed E-state index contributed by atoms with van der Waals surface area (Å²) in [5.41, 5.74) is 0.739. The Morgan fingerprint density at radius 2 is 1.77 bits per heavy atom. The lowest BCUT2D eigenvalue weighted by Gasteiger charge is -2.02. The Kier molecular flexibility index (Phi) is 2.41. The van der Waals surface area contributed by atoms with E-state index in [1.165, 1.54) is 0 Å². The molecule has 0 amide bonds. The summed E-state index contributed by atoms with van der Waals surface area (Å²) in [4.78, 5) is 17.9. The molecule has 0 atom stereocenters. The van der Waals surface area contributed by atoms with Crippen LogP contribution in [0, 0.1) is 24.0 Å². The Hall–Kier alpha value is -1.72. The van der Waals surface area contributed by atoms with Crippen LogP contribution in [0.1, 0.15) is 11.4 Å². The fourth-order valence-electron chi connectivity index (χ4n) is 1.09. The largest absolute Gasteiger partial charge is 0.357 e. The van der Waals surface area contributed by atoms with Crippen LogP contribution in [-0.4, -0.2) is 21.9 Å². The molecule has 0 radical (unpaired) electrons. The number of hydrogen-bond acceptors (Lipinski definition) is 5. The Morgan fingerprint density at radius 3 is 2.08 bits per heavy atom. The zero-order valence-corrected chi connectivity index (χ0v) is 7.66. The third-order valence-electron chi connectivity index (χ3n) is 1.64. The second-order valence-electron chi connectivity index (χ2n) is 2.57. The molecule has 70 valence electrons. The summed E-state index contributed by atoms with van der Waals surface area (Å²) in [7, 11) is 1.67. The molecule has 1 aromatic rings. The lowest BCUT2D eigenvalue weighted by molar-refractivity contribution is -0.386. The summed E-state index contributed by atoms with van der Waals surface area (Å²) < 4.78 is 0. The third kappa shape index (κ3) is 1.71. The van der Waals surface area contributed by atoms with Gasteiger partial charge in [0, 0.05) is 7.05 Å². The number of nitro groups is 1. The molecule has 1 N–H and O–H groups in total. The Balaban J connectivity index is 3.31. The van der Waals surface area contributed by atoms with Crippen LogP contribution in [0.25, 0.3) is 0 Å². The molecule has 0 spiro atoms. The summed E-state index contributed by atoms with van der Waals surface area (Å²) in [5.74, 6) is 0.403. The SMILES string of the molecule is CNc1nc(C)c([N+](=O)[O-])c(C)n1. The van der Waals surface area contributed by atoms with Crippen LogP contribution in [-0.2, 0) is 0 Å². The second-order valence-corrected chi connectivity index (χ2v) is 2.57. The average molecular weight is 182 g/mol. The number of nitrogens with one attached hydrogen (secondary N) is 1. The van der Waals surface area contributed by atoms with E-state index in [9.17, 15) is 10.1 Å². The fourth-order valence-corrected chi connectivity index (χ4v) is 1.09. The van der Waals surface area contributed by atoms with E-state index in [4.69, 9.17) is 0 Å². The van der Waals surface area contributed by atoms with E-state index in [2.05, 4.69) is 15.3 Å². The molecule has 0 saturated carbocycles. The molecule has 1 heterocycles. The van der Waals surface area contributed by atoms with Crippen LogP contribution in [0.5, 0.6) is 0 Å². The zero-order chi connectivity index (χ0) is 10.0. The normalized spacial score (nSPS) is 9.77. The van der Waals surface area contributed by atoms with Gasteiger partial charge in [0.25, 0.3) is 0 Å². The van der Waals surface area contributed by atoms with Gasteiger partial charge in [0.2, 0.25) is 5.95 Å². The third-order valence-corrected chi connectivity index (χ3v) is 1.64. The van der Waals surface area contributed by atoms with Crippen molar-refractivity contribution < 1.29 is 4.92 Å². The number of rotatable bonds is 2. The predicted molar refractivity (Wildman–Crippen MR) is 47.7 cm³/mol. The van der Waals surface area contributed by atoms with Crippen molar-refractivity contribution >= 4 is 11.6 Å². The van der Waals surface area contributed by atoms with E-state index in [1.807, 2.05) is 0 Å². The first-order valence-corrected chi connectivity index (χ1v) is 3.73. The minimum atomic E-state index is -0.468. The van der Waals surface area contributed by atoms with E-state index in [1.54, 1.807) is 20.9 Å². The molecule has 13 heavy (non-hydrogen) atoms. The lowest BCUT2D eigenvalue weighted by Crippen LogP contribution is -2.04. The monoisotopic (exact) mass is 182 g/mol. The van der Waals surface area contributed by atoms with Crippen molar-refractivity contribution in [2.75, 3.05) is 12.4 Å². The number of anilines is 1. The van der Waals surface area contributed by atoms with Crippen molar-refractivity contribution in [1.82, 2.24) is 9.97 Å². The van der Waals surface area contributed by atoms with E-state index in [0.717, 1.165) is 0 Å². The molecule has 0 aliphatic heterocycles. The summed E-state index contributed by atoms with van der Waals surface area (Å²) in [5, 5.41) is 13.3. The van der Waals surface area contributed by atoms with Gasteiger partial charge >= 0.3 is 5.69 Å². The van der Waals surface area contributed by atoms with Gasteiger partial charge in [-0.05, 0) is 13.8 Å². The predicted octanol–water partition coefficient (Wildman–Crippen LogP) is 1.04. The highest BCUT2D eigenvalue weighted by atomic mass is 16.6. The Morgan fingerprint density at radius 1 is 1.31 bits per heavy atom. The Labute approximate surface area is 75.2 Å². The maximum absolute atomic E-state index is 10.5. The number of aryl methyl sites for hydroxylation is 2. The van der Waals surface area contributed by atoms with Crippen molar-refractivity contribution in [1.29, 1.82) is 0 Å². The van der Waals surface area contributed by atoms with E-state index in [0.29, 0.717) is 17.3 Å². The minimum Gasteiger partial charge on any atom is -0.357 e. The van der Waals surface area contributed by atoms with Gasteiger partial charge in [0.15, 0.2) is 0 Å². The van der Waals surface area contributed by atoms with Gasteiger partial charge in [-0.2, -0.15) is 0 Å². The summed E-state index contributed by atoms with van der Waals surface area (Å²) in [6, 6.07) is 0. The molecule has 0 aliphatic carbocycles. The van der Waals surface area contributed by atoms with E-state index >= 15 is 0 Å². The summed E-state index contributed by atoms with van der Waals surface area (Å²) in [6.45, 7) is 3.18. The van der Waals surface area contributed by atoms with Gasteiger partial charge in [-0.1, -0.05) is 0 Å². The maximum atomic E-state index is 10.5. The van der Waals surface area contributed by atoms with Crippen molar-refractivity contribution in [3.05, 3.63) is 21.5 Å². The van der Waals surface area contributed by atoms with E-state index in [-0.39, 0.29) is 5.69 Å². The molecule has 0 aromatic carbocycles. The van der Waals surface area contributed by atoms with Crippen LogP contribution in [0.15, 0.2) is 0 Å². The van der Waals surface area contributed by atoms with Gasteiger partial charge in [-0.15, -0.1) is 0 Å². The van der Waals surface area contributed by atoms with Crippen molar-refractivity contribution in [3.63, 3.8) is 0 Å². The quantitative estimate of drug-likeness (QED) is 0.546. The lowest BCUT2D eigenvalue weighted by atomic mass is 10.3. The van der Waals surface area contributed by atoms with Gasteiger partial charge in [0.1, 0.15) is 11.4 Å². The highest BCUT2D eigenvalue weighted by molar-refractivity contribution is 5.43. The first-order valence-electron chi connectivity index (χ1n) is 3.73. The zero-order valence-electron chi connectivity index (χ0n) is 7.66. The topological polar surface area (TPSA) is 81.0 Å². The number of nitrogens with zero attached hydrogens (tertiary/aromatic N) is 3. The van der Waals surface area contributed by atoms with Crippen LogP contribution in [0.3, 0.4) is 0 Å². The van der Waals surface area contributed by atoms with E-state index < -0.39 is 4.92 Å². The molecule has 6 nitrogen and oxygen atoms in total. The Bertz CT molecular complexity index is 327. The van der Waals surface area contributed by atoms with Crippen LogP contribution in [0.2, 0.25) is 0 Å². The first kappa shape index (κ1) is 9.37. The molecule has 0 unspecified atom stereocenters. The smallest absolute Gasteiger partial charge is 0.311 e. The fraction of sp³-hybridized carbons (Fsp3) is 0.429. The first-order chi connectivity index (χ1) is 6.06. The maximum Gasteiger partial charge on any atom is 0.311 e. The number of aromatic nitrogens is 2. The molecular weight excluding hydrogens is 172 g/mol. The molecule has 0 fully saturated rings. The van der Waals surface area contributed by atoms with Crippen LogP contribution >= 0.6 is 0 Å². The molecule has 0 saturated heterocycles. The highest BCUT2D eigenvalue weighted by Crippen LogP contribution is 2.20. The molecule has 0 bridgehead atoms. The highest BCUT2D eigenvalue weighted by Gasteiger charge is 2.17. The van der Waals surface area contributed by atoms with Gasteiger partial charge < -0.3 is 5.32 Å². The molecule has 6 heteroatoms.